The first-order valence-electron chi connectivity index (χ1n) is 8.44. The highest BCUT2D eigenvalue weighted by Crippen LogP contribution is 2.12. The van der Waals surface area contributed by atoms with Crippen LogP contribution in [0.25, 0.3) is 0 Å². The van der Waals surface area contributed by atoms with Gasteiger partial charge in [-0.2, -0.15) is 0 Å². The van der Waals surface area contributed by atoms with Gasteiger partial charge in [0.1, 0.15) is 0 Å². The van der Waals surface area contributed by atoms with Crippen molar-refractivity contribution in [2.45, 2.75) is 84.5 Å². The van der Waals surface area contributed by atoms with Crippen molar-refractivity contribution in [3.8, 4) is 0 Å². The lowest BCUT2D eigenvalue weighted by Gasteiger charge is -2.28. The Morgan fingerprint density at radius 3 is 1.33 bits per heavy atom. The molecule has 110 valence electrons. The standard InChI is InChI=1S/C17H38N/c1-5-7-8-9-10-11-12-13-14-15-16-17-18(3,4)6-2/h5-17H2,1-4H3/q+1. The molecule has 0 saturated heterocycles. The van der Waals surface area contributed by atoms with E-state index in [4.69, 9.17) is 0 Å². The van der Waals surface area contributed by atoms with E-state index in [1.165, 1.54) is 88.2 Å². The topological polar surface area (TPSA) is 0 Å². The van der Waals surface area contributed by atoms with Gasteiger partial charge >= 0.3 is 0 Å². The second-order valence-electron chi connectivity index (χ2n) is 6.51. The zero-order valence-corrected chi connectivity index (χ0v) is 13.6. The predicted octanol–water partition coefficient (Wildman–Crippen LogP) is 5.39. The van der Waals surface area contributed by atoms with Gasteiger partial charge in [0.2, 0.25) is 0 Å². The second kappa shape index (κ2) is 12.0. The van der Waals surface area contributed by atoms with Crippen LogP contribution in [0.3, 0.4) is 0 Å². The van der Waals surface area contributed by atoms with Crippen LogP contribution in [0.2, 0.25) is 0 Å². The van der Waals surface area contributed by atoms with Gasteiger partial charge in [0.25, 0.3) is 0 Å². The molecule has 0 aliphatic carbocycles. The Kier molecular flexibility index (Phi) is 12.0. The van der Waals surface area contributed by atoms with Crippen molar-refractivity contribution in [1.29, 1.82) is 0 Å². The first-order valence-corrected chi connectivity index (χ1v) is 8.44. The van der Waals surface area contributed by atoms with Gasteiger partial charge in [-0.1, -0.05) is 64.7 Å². The molecular formula is C17H38N+. The minimum Gasteiger partial charge on any atom is -0.329 e. The second-order valence-corrected chi connectivity index (χ2v) is 6.51. The third kappa shape index (κ3) is 12.4. The van der Waals surface area contributed by atoms with E-state index in [9.17, 15) is 0 Å². The minimum absolute atomic E-state index is 1.19. The largest absolute Gasteiger partial charge is 0.329 e. The summed E-state index contributed by atoms with van der Waals surface area (Å²) in [5.74, 6) is 0. The van der Waals surface area contributed by atoms with Gasteiger partial charge in [-0.15, -0.1) is 0 Å². The number of hydrogen-bond acceptors (Lipinski definition) is 0. The average Bonchev–Trinajstić information content (AvgIpc) is 2.36. The van der Waals surface area contributed by atoms with Crippen molar-refractivity contribution in [3.63, 3.8) is 0 Å². The van der Waals surface area contributed by atoms with E-state index >= 15 is 0 Å². The fraction of sp³-hybridized carbons (Fsp3) is 1.00. The fourth-order valence-corrected chi connectivity index (χ4v) is 2.36. The molecule has 0 unspecified atom stereocenters. The highest BCUT2D eigenvalue weighted by molar-refractivity contribution is 4.48. The highest BCUT2D eigenvalue weighted by Gasteiger charge is 2.09. The number of quaternary nitrogens is 1. The van der Waals surface area contributed by atoms with Crippen LogP contribution in [0, 0.1) is 0 Å². The molecule has 0 heterocycles. The summed E-state index contributed by atoms with van der Waals surface area (Å²) < 4.78 is 1.19. The lowest BCUT2D eigenvalue weighted by molar-refractivity contribution is -0.888. The monoisotopic (exact) mass is 256 g/mol. The van der Waals surface area contributed by atoms with Crippen molar-refractivity contribution in [2.75, 3.05) is 27.2 Å². The van der Waals surface area contributed by atoms with E-state index in [0.717, 1.165) is 0 Å². The van der Waals surface area contributed by atoms with Gasteiger partial charge in [0.15, 0.2) is 0 Å². The van der Waals surface area contributed by atoms with E-state index in [2.05, 4.69) is 27.9 Å². The third-order valence-electron chi connectivity index (χ3n) is 4.22. The lowest BCUT2D eigenvalue weighted by Crippen LogP contribution is -2.39. The average molecular weight is 256 g/mol. The Hall–Kier alpha value is -0.0400. The summed E-state index contributed by atoms with van der Waals surface area (Å²) in [6.07, 6.45) is 15.9. The molecule has 0 rings (SSSR count). The summed E-state index contributed by atoms with van der Waals surface area (Å²) in [6.45, 7) is 7.20. The predicted molar refractivity (Wildman–Crippen MR) is 84.0 cm³/mol. The Bertz CT molecular complexity index is 163. The smallest absolute Gasteiger partial charge is 0.0782 e. The van der Waals surface area contributed by atoms with E-state index in [1.807, 2.05) is 0 Å². The van der Waals surface area contributed by atoms with Gasteiger partial charge in [-0.25, -0.2) is 0 Å². The molecule has 1 nitrogen and oxygen atoms in total. The molecule has 0 bridgehead atoms. The molecule has 1 heteroatoms. The molecular weight excluding hydrogens is 218 g/mol. The zero-order valence-electron chi connectivity index (χ0n) is 13.6. The quantitative estimate of drug-likeness (QED) is 0.306. The van der Waals surface area contributed by atoms with Crippen LogP contribution in [0.15, 0.2) is 0 Å². The van der Waals surface area contributed by atoms with Gasteiger partial charge in [0, 0.05) is 0 Å². The number of nitrogens with zero attached hydrogens (tertiary/aromatic N) is 1. The van der Waals surface area contributed by atoms with E-state index in [-0.39, 0.29) is 0 Å². The number of rotatable bonds is 13. The van der Waals surface area contributed by atoms with Gasteiger partial charge in [-0.3, -0.25) is 0 Å². The van der Waals surface area contributed by atoms with Crippen LogP contribution in [0.1, 0.15) is 84.5 Å². The van der Waals surface area contributed by atoms with Crippen molar-refractivity contribution in [3.05, 3.63) is 0 Å². The third-order valence-corrected chi connectivity index (χ3v) is 4.22. The molecule has 0 amide bonds. The summed E-state index contributed by atoms with van der Waals surface area (Å²) in [6, 6.07) is 0. The van der Waals surface area contributed by atoms with Crippen LogP contribution in [0.4, 0.5) is 0 Å². The molecule has 18 heavy (non-hydrogen) atoms. The molecule has 0 N–H and O–H groups in total. The van der Waals surface area contributed by atoms with E-state index < -0.39 is 0 Å². The Morgan fingerprint density at radius 2 is 0.944 bits per heavy atom. The SMILES string of the molecule is CCCCCCCCCCCCC[N+](C)(C)CC. The zero-order chi connectivity index (χ0) is 13.7. The van der Waals surface area contributed by atoms with Crippen LogP contribution in [0.5, 0.6) is 0 Å². The molecule has 0 saturated carbocycles. The van der Waals surface area contributed by atoms with Crippen LogP contribution >= 0.6 is 0 Å². The maximum atomic E-state index is 2.34. The first kappa shape index (κ1) is 18.0. The molecule has 0 aromatic rings. The minimum atomic E-state index is 1.19. The molecule has 0 aliphatic heterocycles. The maximum absolute atomic E-state index is 2.34. The molecule has 0 aromatic carbocycles. The molecule has 0 spiro atoms. The molecule has 0 radical (unpaired) electrons. The summed E-state index contributed by atoms with van der Waals surface area (Å²) in [4.78, 5) is 0. The Balaban J connectivity index is 3.08. The first-order chi connectivity index (χ1) is 8.62. The van der Waals surface area contributed by atoms with Crippen molar-refractivity contribution in [1.82, 2.24) is 0 Å². The summed E-state index contributed by atoms with van der Waals surface area (Å²) >= 11 is 0. The van der Waals surface area contributed by atoms with Gasteiger partial charge in [-0.05, 0) is 19.8 Å². The van der Waals surface area contributed by atoms with Gasteiger partial charge in [0.05, 0.1) is 27.2 Å². The van der Waals surface area contributed by atoms with Crippen LogP contribution < -0.4 is 0 Å². The molecule has 0 fully saturated rings. The maximum Gasteiger partial charge on any atom is 0.0782 e. The fourth-order valence-electron chi connectivity index (χ4n) is 2.36. The van der Waals surface area contributed by atoms with E-state index in [1.54, 1.807) is 0 Å². The van der Waals surface area contributed by atoms with Gasteiger partial charge < -0.3 is 4.48 Å². The van der Waals surface area contributed by atoms with Crippen LogP contribution in [-0.4, -0.2) is 31.7 Å². The molecule has 0 aliphatic rings. The normalized spacial score (nSPS) is 12.0. The number of hydrogen-bond donors (Lipinski definition) is 0. The van der Waals surface area contributed by atoms with Crippen LogP contribution in [-0.2, 0) is 0 Å². The Morgan fingerprint density at radius 1 is 0.556 bits per heavy atom. The lowest BCUT2D eigenvalue weighted by atomic mass is 10.1. The van der Waals surface area contributed by atoms with Crippen molar-refractivity contribution in [2.24, 2.45) is 0 Å². The summed E-state index contributed by atoms with van der Waals surface area (Å²) in [7, 11) is 4.69. The summed E-state index contributed by atoms with van der Waals surface area (Å²) in [5.41, 5.74) is 0. The highest BCUT2D eigenvalue weighted by atomic mass is 15.3. The summed E-state index contributed by atoms with van der Waals surface area (Å²) in [5, 5.41) is 0. The van der Waals surface area contributed by atoms with Crippen molar-refractivity contribution >= 4 is 0 Å². The molecule has 0 aromatic heterocycles. The van der Waals surface area contributed by atoms with Crippen molar-refractivity contribution < 1.29 is 4.48 Å². The van der Waals surface area contributed by atoms with E-state index in [0.29, 0.717) is 0 Å². The molecule has 0 atom stereocenters. The Labute approximate surface area is 117 Å². The number of unbranched alkanes of at least 4 members (excludes halogenated alkanes) is 10.